The van der Waals surface area contributed by atoms with Crippen LogP contribution < -0.4 is 21.1 Å². The molecule has 2 rings (SSSR count). The molecule has 2 unspecified atom stereocenters. The van der Waals surface area contributed by atoms with Gasteiger partial charge in [0.2, 0.25) is 5.88 Å². The van der Waals surface area contributed by atoms with Crippen LogP contribution in [0.5, 0.6) is 5.88 Å². The predicted octanol–water partition coefficient (Wildman–Crippen LogP) is 2.21. The van der Waals surface area contributed by atoms with Gasteiger partial charge in [0, 0.05) is 23.9 Å². The molecule has 0 saturated carbocycles. The van der Waals surface area contributed by atoms with Gasteiger partial charge in [0.05, 0.1) is 18.5 Å². The minimum Gasteiger partial charge on any atom is -0.467 e. The summed E-state index contributed by atoms with van der Waals surface area (Å²) in [6.07, 6.45) is 2.40. The lowest BCUT2D eigenvalue weighted by atomic mass is 10.1. The lowest BCUT2D eigenvalue weighted by molar-refractivity contribution is -0.145. The van der Waals surface area contributed by atoms with Gasteiger partial charge in [-0.15, -0.1) is 0 Å². The number of amides is 1. The maximum Gasteiger partial charge on any atom is 0.328 e. The molecule has 2 aromatic rings. The van der Waals surface area contributed by atoms with E-state index in [4.69, 9.17) is 15.2 Å². The van der Waals surface area contributed by atoms with Gasteiger partial charge in [-0.3, -0.25) is 4.79 Å². The Morgan fingerprint density at radius 1 is 1.22 bits per heavy atom. The van der Waals surface area contributed by atoms with E-state index >= 15 is 0 Å². The lowest BCUT2D eigenvalue weighted by Crippen LogP contribution is -2.44. The zero-order valence-electron chi connectivity index (χ0n) is 18.2. The number of esters is 1. The van der Waals surface area contributed by atoms with Crippen molar-refractivity contribution in [2.24, 2.45) is 5.73 Å². The Morgan fingerprint density at radius 3 is 2.62 bits per heavy atom. The molecule has 8 nitrogen and oxygen atoms in total. The molecule has 32 heavy (non-hydrogen) atoms. The molecular weight excluding hydrogens is 448 g/mol. The molecule has 0 spiro atoms. The molecule has 4 N–H and O–H groups in total. The van der Waals surface area contributed by atoms with Gasteiger partial charge in [0.25, 0.3) is 5.91 Å². The summed E-state index contributed by atoms with van der Waals surface area (Å²) < 4.78 is 10.5. The molecule has 0 bridgehead atoms. The zero-order chi connectivity index (χ0) is 23.3. The van der Waals surface area contributed by atoms with Gasteiger partial charge in [-0.1, -0.05) is 30.3 Å². The number of hydrogen-bond acceptors (Lipinski definition) is 9. The van der Waals surface area contributed by atoms with E-state index < -0.39 is 17.9 Å². The second-order valence-corrected chi connectivity index (χ2v) is 8.30. The third kappa shape index (κ3) is 8.25. The molecule has 1 aromatic heterocycles. The molecule has 10 heteroatoms. The quantitative estimate of drug-likeness (QED) is 0.256. The highest BCUT2D eigenvalue weighted by Crippen LogP contribution is 2.27. The molecule has 2 atom stereocenters. The highest BCUT2D eigenvalue weighted by Gasteiger charge is 2.21. The minimum atomic E-state index is -0.724. The van der Waals surface area contributed by atoms with E-state index in [9.17, 15) is 9.59 Å². The number of nitrogens with two attached hydrogens (primary N) is 1. The summed E-state index contributed by atoms with van der Waals surface area (Å²) in [6, 6.07) is 12.5. The Kier molecular flexibility index (Phi) is 11.2. The number of nitrogens with one attached hydrogen (secondary N) is 2. The van der Waals surface area contributed by atoms with E-state index in [0.29, 0.717) is 35.9 Å². The summed E-state index contributed by atoms with van der Waals surface area (Å²) in [6.45, 7) is 0.169. The zero-order valence-corrected chi connectivity index (χ0v) is 20.0. The SMILES string of the molecule is COC(=O)C(CCSC)NC(=O)COc1nc(-c2ccccc2)ccc1NCC(N)CS. The molecule has 0 fully saturated rings. The van der Waals surface area contributed by atoms with Crippen LogP contribution in [0, 0.1) is 0 Å². The van der Waals surface area contributed by atoms with E-state index in [-0.39, 0.29) is 18.5 Å². The van der Waals surface area contributed by atoms with Crippen molar-refractivity contribution in [3.05, 3.63) is 42.5 Å². The number of ether oxygens (including phenoxy) is 2. The van der Waals surface area contributed by atoms with E-state index in [0.717, 1.165) is 5.56 Å². The molecule has 0 radical (unpaired) electrons. The van der Waals surface area contributed by atoms with Crippen molar-refractivity contribution in [2.75, 3.05) is 43.3 Å². The average Bonchev–Trinajstić information content (AvgIpc) is 2.83. The molecule has 0 aliphatic carbocycles. The van der Waals surface area contributed by atoms with Crippen molar-refractivity contribution in [2.45, 2.75) is 18.5 Å². The molecule has 0 saturated heterocycles. The summed E-state index contributed by atoms with van der Waals surface area (Å²) in [5.74, 6) is 0.574. The number of aromatic nitrogens is 1. The Labute approximate surface area is 198 Å². The second kappa shape index (κ2) is 13.9. The van der Waals surface area contributed by atoms with Crippen molar-refractivity contribution in [1.29, 1.82) is 0 Å². The van der Waals surface area contributed by atoms with Crippen molar-refractivity contribution in [3.63, 3.8) is 0 Å². The number of nitrogens with zero attached hydrogens (tertiary/aromatic N) is 1. The van der Waals surface area contributed by atoms with Gasteiger partial charge in [-0.2, -0.15) is 24.4 Å². The molecule has 174 valence electrons. The molecule has 0 aliphatic heterocycles. The highest BCUT2D eigenvalue weighted by atomic mass is 32.2. The van der Waals surface area contributed by atoms with Crippen LogP contribution in [-0.2, 0) is 14.3 Å². The van der Waals surface area contributed by atoms with Crippen LogP contribution in [0.4, 0.5) is 5.69 Å². The summed E-state index contributed by atoms with van der Waals surface area (Å²) in [5.41, 5.74) is 8.18. The number of carbonyl (C=O) groups is 2. The van der Waals surface area contributed by atoms with E-state index in [2.05, 4.69) is 28.2 Å². The monoisotopic (exact) mass is 478 g/mol. The second-order valence-electron chi connectivity index (χ2n) is 6.95. The van der Waals surface area contributed by atoms with Crippen molar-refractivity contribution < 1.29 is 19.1 Å². The van der Waals surface area contributed by atoms with Crippen LogP contribution in [-0.4, -0.2) is 67.0 Å². The number of carbonyl (C=O) groups excluding carboxylic acids is 2. The third-order valence-corrected chi connectivity index (χ3v) is 5.60. The third-order valence-electron chi connectivity index (χ3n) is 4.49. The molecule has 1 amide bonds. The normalized spacial score (nSPS) is 12.5. The van der Waals surface area contributed by atoms with Gasteiger partial charge in [0.1, 0.15) is 6.04 Å². The van der Waals surface area contributed by atoms with Gasteiger partial charge in [-0.05, 0) is 30.6 Å². The predicted molar refractivity (Wildman–Crippen MR) is 132 cm³/mol. The van der Waals surface area contributed by atoms with Gasteiger partial charge in [-0.25, -0.2) is 9.78 Å². The Bertz CT molecular complexity index is 870. The highest BCUT2D eigenvalue weighted by molar-refractivity contribution is 7.98. The Morgan fingerprint density at radius 2 is 1.97 bits per heavy atom. The summed E-state index contributed by atoms with van der Waals surface area (Å²) >= 11 is 5.78. The first-order valence-electron chi connectivity index (χ1n) is 10.1. The number of thiol groups is 1. The lowest BCUT2D eigenvalue weighted by Gasteiger charge is -2.18. The van der Waals surface area contributed by atoms with Gasteiger partial charge < -0.3 is 25.8 Å². The van der Waals surface area contributed by atoms with Crippen LogP contribution in [0.25, 0.3) is 11.3 Å². The summed E-state index contributed by atoms with van der Waals surface area (Å²) in [4.78, 5) is 29.0. The van der Waals surface area contributed by atoms with Crippen molar-refractivity contribution in [1.82, 2.24) is 10.3 Å². The first-order valence-corrected chi connectivity index (χ1v) is 12.2. The minimum absolute atomic E-state index is 0.152. The van der Waals surface area contributed by atoms with Gasteiger partial charge in [0.15, 0.2) is 6.61 Å². The molecule has 1 aromatic carbocycles. The maximum atomic E-state index is 12.5. The number of pyridine rings is 1. The fourth-order valence-corrected chi connectivity index (χ4v) is 3.36. The summed E-state index contributed by atoms with van der Waals surface area (Å²) in [7, 11) is 1.30. The largest absolute Gasteiger partial charge is 0.467 e. The number of hydrogen-bond donors (Lipinski definition) is 4. The molecular formula is C22H30N4O4S2. The molecule has 0 aliphatic rings. The Balaban J connectivity index is 2.13. The molecule has 1 heterocycles. The smallest absolute Gasteiger partial charge is 0.328 e. The number of methoxy groups -OCH3 is 1. The van der Waals surface area contributed by atoms with E-state index in [1.165, 1.54) is 7.11 Å². The number of rotatable bonds is 13. The van der Waals surface area contributed by atoms with E-state index in [1.807, 2.05) is 48.7 Å². The topological polar surface area (TPSA) is 116 Å². The standard InChI is InChI=1S/C22H30N4O4S2/c1-29-22(28)19(10-11-32-2)25-20(27)13-30-21-18(24-12-16(23)14-31)9-8-17(26-21)15-6-4-3-5-7-15/h3-9,16,19,24,31H,10-14,23H2,1-2H3,(H,25,27). The first-order chi connectivity index (χ1) is 15.5. The number of benzene rings is 1. The maximum absolute atomic E-state index is 12.5. The van der Waals surface area contributed by atoms with E-state index in [1.54, 1.807) is 11.8 Å². The van der Waals surface area contributed by atoms with Crippen LogP contribution in [0.2, 0.25) is 0 Å². The first kappa shape index (κ1) is 25.8. The van der Waals surface area contributed by atoms with Crippen LogP contribution in [0.3, 0.4) is 0 Å². The average molecular weight is 479 g/mol. The van der Waals surface area contributed by atoms with Crippen molar-refractivity contribution >= 4 is 42.0 Å². The number of thioether (sulfide) groups is 1. The number of anilines is 1. The van der Waals surface area contributed by atoms with Gasteiger partial charge >= 0.3 is 5.97 Å². The van der Waals surface area contributed by atoms with Crippen LogP contribution in [0.1, 0.15) is 6.42 Å². The van der Waals surface area contributed by atoms with Crippen molar-refractivity contribution in [3.8, 4) is 17.1 Å². The fourth-order valence-electron chi connectivity index (χ4n) is 2.76. The Hall–Kier alpha value is -2.43. The van der Waals surface area contributed by atoms with Crippen LogP contribution in [0.15, 0.2) is 42.5 Å². The van der Waals surface area contributed by atoms with Crippen LogP contribution >= 0.6 is 24.4 Å². The summed E-state index contributed by atoms with van der Waals surface area (Å²) in [5, 5.41) is 5.86. The fraction of sp³-hybridized carbons (Fsp3) is 0.409.